The molecule has 0 aromatic carbocycles. The molecule has 19 heavy (non-hydrogen) atoms. The van der Waals surface area contributed by atoms with Gasteiger partial charge in [-0.2, -0.15) is 0 Å². The second-order valence-corrected chi connectivity index (χ2v) is 5.78. The van der Waals surface area contributed by atoms with Gasteiger partial charge in [0.1, 0.15) is 0 Å². The lowest BCUT2D eigenvalue weighted by Crippen LogP contribution is -2.43. The smallest absolute Gasteiger partial charge is 0.188 e. The maximum atomic E-state index is 5.92. The summed E-state index contributed by atoms with van der Waals surface area (Å²) in [6.45, 7) is 10.4. The van der Waals surface area contributed by atoms with Crippen LogP contribution in [0.4, 0.5) is 0 Å². The van der Waals surface area contributed by atoms with E-state index >= 15 is 0 Å². The van der Waals surface area contributed by atoms with Crippen LogP contribution in [0.3, 0.4) is 0 Å². The van der Waals surface area contributed by atoms with Gasteiger partial charge in [0, 0.05) is 19.2 Å². The fourth-order valence-electron chi connectivity index (χ4n) is 2.60. The van der Waals surface area contributed by atoms with Crippen LogP contribution < -0.4 is 11.1 Å². The van der Waals surface area contributed by atoms with E-state index in [2.05, 4.69) is 29.1 Å². The fourth-order valence-corrected chi connectivity index (χ4v) is 2.60. The van der Waals surface area contributed by atoms with Crippen LogP contribution >= 0.6 is 0 Å². The lowest BCUT2D eigenvalue weighted by atomic mass is 10.0. The topological polar surface area (TPSA) is 62.9 Å². The molecule has 0 amide bonds. The molecular formula is C14H30N4O. The van der Waals surface area contributed by atoms with Gasteiger partial charge in [0.25, 0.3) is 0 Å². The van der Waals surface area contributed by atoms with Gasteiger partial charge in [-0.3, -0.25) is 9.89 Å². The Hall–Kier alpha value is -0.810. The van der Waals surface area contributed by atoms with Gasteiger partial charge >= 0.3 is 0 Å². The molecular weight excluding hydrogens is 240 g/mol. The molecule has 112 valence electrons. The Bertz CT molecular complexity index is 275. The first kappa shape index (κ1) is 16.2. The van der Waals surface area contributed by atoms with Crippen molar-refractivity contribution >= 4 is 5.96 Å². The van der Waals surface area contributed by atoms with E-state index in [-0.39, 0.29) is 6.04 Å². The van der Waals surface area contributed by atoms with Gasteiger partial charge in [0.15, 0.2) is 5.96 Å². The molecule has 1 aliphatic heterocycles. The van der Waals surface area contributed by atoms with Gasteiger partial charge in [0.05, 0.1) is 13.2 Å². The number of nitrogens with two attached hydrogens (primary N) is 1. The summed E-state index contributed by atoms with van der Waals surface area (Å²) in [7, 11) is 1.69. The second-order valence-electron chi connectivity index (χ2n) is 5.78. The summed E-state index contributed by atoms with van der Waals surface area (Å²) in [6, 6.07) is 0.693. The zero-order valence-corrected chi connectivity index (χ0v) is 12.9. The van der Waals surface area contributed by atoms with Crippen LogP contribution in [-0.2, 0) is 4.74 Å². The van der Waals surface area contributed by atoms with Gasteiger partial charge in [0.2, 0.25) is 0 Å². The minimum absolute atomic E-state index is 0.193. The van der Waals surface area contributed by atoms with Crippen LogP contribution in [-0.4, -0.2) is 56.3 Å². The number of ether oxygens (including phenoxy) is 1. The zero-order valence-electron chi connectivity index (χ0n) is 12.9. The van der Waals surface area contributed by atoms with Crippen molar-refractivity contribution in [3.63, 3.8) is 0 Å². The zero-order chi connectivity index (χ0) is 14.3. The standard InChI is InChI=1S/C14H30N4O/c1-11(2)13(18-7-5-6-8-18)9-16-14(15)17-12(3)10-19-4/h11-13H,5-10H2,1-4H3,(H3,15,16,17). The third-order valence-electron chi connectivity index (χ3n) is 3.64. The molecule has 0 radical (unpaired) electrons. The number of likely N-dealkylation sites (tertiary alicyclic amines) is 1. The molecule has 0 aromatic heterocycles. The van der Waals surface area contributed by atoms with E-state index in [9.17, 15) is 0 Å². The third kappa shape index (κ3) is 5.78. The molecule has 1 rings (SSSR count). The lowest BCUT2D eigenvalue weighted by Gasteiger charge is -2.29. The quantitative estimate of drug-likeness (QED) is 0.536. The van der Waals surface area contributed by atoms with Gasteiger partial charge in [-0.05, 0) is 38.8 Å². The first-order chi connectivity index (χ1) is 9.04. The molecule has 2 atom stereocenters. The second kappa shape index (κ2) is 8.38. The molecule has 3 N–H and O–H groups in total. The van der Waals surface area contributed by atoms with Crippen LogP contribution in [0.5, 0.6) is 0 Å². The van der Waals surface area contributed by atoms with Crippen molar-refractivity contribution < 1.29 is 4.74 Å². The molecule has 1 heterocycles. The predicted octanol–water partition coefficient (Wildman–Crippen LogP) is 1.05. The Labute approximate surface area is 117 Å². The Kier molecular flexibility index (Phi) is 7.16. The number of aliphatic imine (C=N–C) groups is 1. The maximum absolute atomic E-state index is 5.92. The van der Waals surface area contributed by atoms with E-state index in [0.717, 1.165) is 6.54 Å². The van der Waals surface area contributed by atoms with Crippen molar-refractivity contribution in [1.82, 2.24) is 10.2 Å². The molecule has 0 bridgehead atoms. The summed E-state index contributed by atoms with van der Waals surface area (Å²) in [5.41, 5.74) is 5.92. The number of methoxy groups -OCH3 is 1. The third-order valence-corrected chi connectivity index (χ3v) is 3.64. The highest BCUT2D eigenvalue weighted by Gasteiger charge is 2.24. The van der Waals surface area contributed by atoms with Crippen LogP contribution in [0.2, 0.25) is 0 Å². The van der Waals surface area contributed by atoms with Gasteiger partial charge in [-0.1, -0.05) is 13.8 Å². The van der Waals surface area contributed by atoms with Crippen molar-refractivity contribution in [2.75, 3.05) is 33.4 Å². The predicted molar refractivity (Wildman–Crippen MR) is 80.4 cm³/mol. The minimum atomic E-state index is 0.193. The van der Waals surface area contributed by atoms with E-state index in [1.165, 1.54) is 25.9 Å². The summed E-state index contributed by atoms with van der Waals surface area (Å²) < 4.78 is 5.07. The molecule has 0 aromatic rings. The first-order valence-corrected chi connectivity index (χ1v) is 7.34. The molecule has 5 heteroatoms. The van der Waals surface area contributed by atoms with Crippen molar-refractivity contribution in [2.45, 2.75) is 45.7 Å². The Balaban J connectivity index is 2.45. The number of hydrogen-bond acceptors (Lipinski definition) is 3. The van der Waals surface area contributed by atoms with E-state index in [1.807, 2.05) is 6.92 Å². The fraction of sp³-hybridized carbons (Fsp3) is 0.929. The molecule has 0 saturated carbocycles. The van der Waals surface area contributed by atoms with E-state index in [0.29, 0.717) is 24.5 Å². The molecule has 0 aliphatic carbocycles. The van der Waals surface area contributed by atoms with Crippen LogP contribution in [0, 0.1) is 5.92 Å². The highest BCUT2D eigenvalue weighted by Crippen LogP contribution is 2.17. The largest absolute Gasteiger partial charge is 0.383 e. The number of nitrogens with one attached hydrogen (secondary N) is 1. The Morgan fingerprint density at radius 1 is 1.32 bits per heavy atom. The maximum Gasteiger partial charge on any atom is 0.188 e. The summed E-state index contributed by atoms with van der Waals surface area (Å²) in [5, 5.41) is 3.15. The molecule has 2 unspecified atom stereocenters. The minimum Gasteiger partial charge on any atom is -0.383 e. The average Bonchev–Trinajstić information content (AvgIpc) is 2.82. The average molecular weight is 270 g/mol. The molecule has 1 aliphatic rings. The summed E-state index contributed by atoms with van der Waals surface area (Å²) in [5.74, 6) is 1.13. The van der Waals surface area contributed by atoms with Crippen LogP contribution in [0.15, 0.2) is 4.99 Å². The number of hydrogen-bond donors (Lipinski definition) is 2. The lowest BCUT2D eigenvalue weighted by molar-refractivity contribution is 0.179. The number of rotatable bonds is 7. The Morgan fingerprint density at radius 3 is 2.47 bits per heavy atom. The van der Waals surface area contributed by atoms with E-state index < -0.39 is 0 Å². The van der Waals surface area contributed by atoms with Crippen LogP contribution in [0.25, 0.3) is 0 Å². The van der Waals surface area contributed by atoms with Crippen molar-refractivity contribution in [3.05, 3.63) is 0 Å². The SMILES string of the molecule is COCC(C)NC(N)=NCC(C(C)C)N1CCCC1. The Morgan fingerprint density at radius 2 is 1.95 bits per heavy atom. The highest BCUT2D eigenvalue weighted by molar-refractivity contribution is 5.78. The van der Waals surface area contributed by atoms with Crippen molar-refractivity contribution in [1.29, 1.82) is 0 Å². The van der Waals surface area contributed by atoms with Gasteiger partial charge in [-0.25, -0.2) is 0 Å². The monoisotopic (exact) mass is 270 g/mol. The van der Waals surface area contributed by atoms with Gasteiger partial charge in [-0.15, -0.1) is 0 Å². The van der Waals surface area contributed by atoms with E-state index in [1.54, 1.807) is 7.11 Å². The van der Waals surface area contributed by atoms with E-state index in [4.69, 9.17) is 10.5 Å². The van der Waals surface area contributed by atoms with Crippen molar-refractivity contribution in [2.24, 2.45) is 16.6 Å². The summed E-state index contributed by atoms with van der Waals surface area (Å²) >= 11 is 0. The number of nitrogens with zero attached hydrogens (tertiary/aromatic N) is 2. The van der Waals surface area contributed by atoms with Gasteiger partial charge < -0.3 is 15.8 Å². The summed E-state index contributed by atoms with van der Waals surface area (Å²) in [4.78, 5) is 7.04. The van der Waals surface area contributed by atoms with Crippen LogP contribution in [0.1, 0.15) is 33.6 Å². The molecule has 0 spiro atoms. The molecule has 1 fully saturated rings. The highest BCUT2D eigenvalue weighted by atomic mass is 16.5. The summed E-state index contributed by atoms with van der Waals surface area (Å²) in [6.07, 6.45) is 2.62. The normalized spacial score (nSPS) is 20.8. The number of guanidine groups is 1. The van der Waals surface area contributed by atoms with Crippen molar-refractivity contribution in [3.8, 4) is 0 Å². The first-order valence-electron chi connectivity index (χ1n) is 7.34. The molecule has 5 nitrogen and oxygen atoms in total. The molecule has 1 saturated heterocycles.